The number of benzene rings is 1. The number of aryl methyl sites for hydroxylation is 1. The first kappa shape index (κ1) is 16.2. The summed E-state index contributed by atoms with van der Waals surface area (Å²) in [5, 5.41) is 12.7. The molecule has 0 bridgehead atoms. The van der Waals surface area contributed by atoms with Crippen LogP contribution in [0, 0.1) is 12.8 Å². The number of aromatic nitrogens is 4. The SMILES string of the molecule is Cc1ccccc1-c1nnn(CC(=O)N2CCCC3CCCCC32)n1. The van der Waals surface area contributed by atoms with Crippen molar-refractivity contribution in [3.8, 4) is 11.4 Å². The number of amides is 1. The standard InChI is InChI=1S/C19H25N5O/c1-14-7-2-4-10-16(14)19-20-22-24(21-19)13-18(25)23-12-6-9-15-8-3-5-11-17(15)23/h2,4,7,10,15,17H,3,5-6,8-9,11-13H2,1H3. The Hall–Kier alpha value is -2.24. The predicted molar refractivity (Wildman–Crippen MR) is 94.7 cm³/mol. The normalized spacial score (nSPS) is 23.3. The van der Waals surface area contributed by atoms with Crippen molar-refractivity contribution in [2.24, 2.45) is 5.92 Å². The predicted octanol–water partition coefficient (Wildman–Crippen LogP) is 2.83. The van der Waals surface area contributed by atoms with E-state index < -0.39 is 0 Å². The van der Waals surface area contributed by atoms with E-state index in [1.165, 1.54) is 30.5 Å². The molecule has 0 spiro atoms. The van der Waals surface area contributed by atoms with E-state index in [4.69, 9.17) is 0 Å². The first-order chi connectivity index (χ1) is 12.2. The van der Waals surface area contributed by atoms with Gasteiger partial charge in [0.15, 0.2) is 0 Å². The minimum atomic E-state index is 0.130. The van der Waals surface area contributed by atoms with Crippen LogP contribution in [0.2, 0.25) is 0 Å². The summed E-state index contributed by atoms with van der Waals surface area (Å²) < 4.78 is 0. The van der Waals surface area contributed by atoms with Crippen LogP contribution in [0.5, 0.6) is 0 Å². The lowest BCUT2D eigenvalue weighted by atomic mass is 9.78. The van der Waals surface area contributed by atoms with Crippen molar-refractivity contribution in [3.05, 3.63) is 29.8 Å². The van der Waals surface area contributed by atoms with Crippen molar-refractivity contribution in [2.45, 2.75) is 58.0 Å². The highest BCUT2D eigenvalue weighted by molar-refractivity contribution is 5.76. The largest absolute Gasteiger partial charge is 0.338 e. The van der Waals surface area contributed by atoms with Crippen molar-refractivity contribution in [1.29, 1.82) is 0 Å². The second-order valence-electron chi connectivity index (χ2n) is 7.30. The van der Waals surface area contributed by atoms with E-state index in [1.54, 1.807) is 0 Å². The number of rotatable bonds is 3. The topological polar surface area (TPSA) is 63.9 Å². The molecule has 2 heterocycles. The quantitative estimate of drug-likeness (QED) is 0.862. The molecule has 1 aliphatic carbocycles. The third-order valence-corrected chi connectivity index (χ3v) is 5.68. The zero-order valence-electron chi connectivity index (χ0n) is 14.8. The highest BCUT2D eigenvalue weighted by Gasteiger charge is 2.35. The summed E-state index contributed by atoms with van der Waals surface area (Å²) >= 11 is 0. The number of likely N-dealkylation sites (tertiary alicyclic amines) is 1. The fraction of sp³-hybridized carbons (Fsp3) is 0.579. The molecule has 0 radical (unpaired) electrons. The van der Waals surface area contributed by atoms with Gasteiger partial charge in [-0.15, -0.1) is 10.2 Å². The first-order valence-electron chi connectivity index (χ1n) is 9.35. The summed E-state index contributed by atoms with van der Waals surface area (Å²) in [7, 11) is 0. The Balaban J connectivity index is 1.47. The number of carbonyl (C=O) groups is 1. The van der Waals surface area contributed by atoms with Gasteiger partial charge in [-0.2, -0.15) is 4.80 Å². The van der Waals surface area contributed by atoms with Gasteiger partial charge in [-0.1, -0.05) is 37.1 Å². The molecule has 1 aromatic carbocycles. The minimum absolute atomic E-state index is 0.130. The van der Waals surface area contributed by atoms with Crippen LogP contribution in [0.4, 0.5) is 0 Å². The van der Waals surface area contributed by atoms with Crippen LogP contribution in [-0.4, -0.2) is 43.6 Å². The Morgan fingerprint density at radius 2 is 1.96 bits per heavy atom. The van der Waals surface area contributed by atoms with Crippen LogP contribution >= 0.6 is 0 Å². The molecule has 1 aliphatic heterocycles. The molecule has 2 unspecified atom stereocenters. The average molecular weight is 339 g/mol. The molecule has 2 atom stereocenters. The van der Waals surface area contributed by atoms with Crippen LogP contribution in [-0.2, 0) is 11.3 Å². The Labute approximate surface area is 148 Å². The molecule has 1 aromatic heterocycles. The first-order valence-corrected chi connectivity index (χ1v) is 9.35. The van der Waals surface area contributed by atoms with Gasteiger partial charge in [0.05, 0.1) is 0 Å². The van der Waals surface area contributed by atoms with Crippen LogP contribution in [0.25, 0.3) is 11.4 Å². The third kappa shape index (κ3) is 3.30. The molecular weight excluding hydrogens is 314 g/mol. The lowest BCUT2D eigenvalue weighted by Crippen LogP contribution is -2.50. The van der Waals surface area contributed by atoms with Crippen LogP contribution < -0.4 is 0 Å². The van der Waals surface area contributed by atoms with Crippen molar-refractivity contribution >= 4 is 5.91 Å². The number of hydrogen-bond donors (Lipinski definition) is 0. The smallest absolute Gasteiger partial charge is 0.246 e. The summed E-state index contributed by atoms with van der Waals surface area (Å²) in [5.74, 6) is 1.41. The van der Waals surface area contributed by atoms with Crippen LogP contribution in [0.15, 0.2) is 24.3 Å². The van der Waals surface area contributed by atoms with Crippen molar-refractivity contribution in [1.82, 2.24) is 25.1 Å². The molecule has 132 valence electrons. The fourth-order valence-electron chi connectivity index (χ4n) is 4.39. The molecule has 1 amide bonds. The van der Waals surface area contributed by atoms with E-state index in [1.807, 2.05) is 31.2 Å². The molecule has 0 N–H and O–H groups in total. The zero-order chi connectivity index (χ0) is 17.2. The Morgan fingerprint density at radius 1 is 1.16 bits per heavy atom. The van der Waals surface area contributed by atoms with Crippen molar-refractivity contribution < 1.29 is 4.79 Å². The number of nitrogens with zero attached hydrogens (tertiary/aromatic N) is 5. The molecule has 25 heavy (non-hydrogen) atoms. The van der Waals surface area contributed by atoms with Gasteiger partial charge in [0.1, 0.15) is 6.54 Å². The van der Waals surface area contributed by atoms with Gasteiger partial charge in [0.2, 0.25) is 11.7 Å². The lowest BCUT2D eigenvalue weighted by molar-refractivity contribution is -0.138. The van der Waals surface area contributed by atoms with Gasteiger partial charge < -0.3 is 4.90 Å². The molecule has 4 rings (SSSR count). The van der Waals surface area contributed by atoms with E-state index in [-0.39, 0.29) is 12.5 Å². The molecule has 6 nitrogen and oxygen atoms in total. The second kappa shape index (κ2) is 6.94. The van der Waals surface area contributed by atoms with Gasteiger partial charge in [0.25, 0.3) is 0 Å². The van der Waals surface area contributed by atoms with Crippen LogP contribution in [0.1, 0.15) is 44.1 Å². The third-order valence-electron chi connectivity index (χ3n) is 5.68. The summed E-state index contributed by atoms with van der Waals surface area (Å²) in [6.45, 7) is 3.08. The second-order valence-corrected chi connectivity index (χ2v) is 7.30. The van der Waals surface area contributed by atoms with Gasteiger partial charge >= 0.3 is 0 Å². The minimum Gasteiger partial charge on any atom is -0.338 e. The van der Waals surface area contributed by atoms with Gasteiger partial charge in [0, 0.05) is 18.2 Å². The van der Waals surface area contributed by atoms with E-state index >= 15 is 0 Å². The number of tetrazole rings is 1. The summed E-state index contributed by atoms with van der Waals surface area (Å²) in [6.07, 6.45) is 7.36. The molecular formula is C19H25N5O. The van der Waals surface area contributed by atoms with Crippen molar-refractivity contribution in [3.63, 3.8) is 0 Å². The Bertz CT molecular complexity index is 754. The van der Waals surface area contributed by atoms with E-state index in [9.17, 15) is 4.79 Å². The van der Waals surface area contributed by atoms with E-state index in [0.29, 0.717) is 17.8 Å². The number of fused-ring (bicyclic) bond motifs is 1. The van der Waals surface area contributed by atoms with E-state index in [0.717, 1.165) is 30.5 Å². The maximum atomic E-state index is 12.8. The molecule has 2 aromatic rings. The number of piperidine rings is 1. The highest BCUT2D eigenvalue weighted by Crippen LogP contribution is 2.35. The lowest BCUT2D eigenvalue weighted by Gasteiger charge is -2.44. The Kier molecular flexibility index (Phi) is 4.51. The molecule has 2 aliphatic rings. The monoisotopic (exact) mass is 339 g/mol. The fourth-order valence-corrected chi connectivity index (χ4v) is 4.39. The average Bonchev–Trinajstić information content (AvgIpc) is 3.09. The molecule has 1 saturated carbocycles. The summed E-state index contributed by atoms with van der Waals surface area (Å²) in [4.78, 5) is 16.4. The molecule has 2 fully saturated rings. The molecule has 6 heteroatoms. The van der Waals surface area contributed by atoms with Gasteiger partial charge in [-0.3, -0.25) is 4.79 Å². The van der Waals surface area contributed by atoms with E-state index in [2.05, 4.69) is 20.3 Å². The zero-order valence-corrected chi connectivity index (χ0v) is 14.8. The number of carbonyl (C=O) groups excluding carboxylic acids is 1. The number of hydrogen-bond acceptors (Lipinski definition) is 4. The summed E-state index contributed by atoms with van der Waals surface area (Å²) in [5.41, 5.74) is 2.07. The maximum Gasteiger partial charge on any atom is 0.246 e. The van der Waals surface area contributed by atoms with Crippen molar-refractivity contribution in [2.75, 3.05) is 6.54 Å². The summed E-state index contributed by atoms with van der Waals surface area (Å²) in [6, 6.07) is 8.39. The van der Waals surface area contributed by atoms with Gasteiger partial charge in [-0.25, -0.2) is 0 Å². The highest BCUT2D eigenvalue weighted by atomic mass is 16.2. The molecule has 1 saturated heterocycles. The van der Waals surface area contributed by atoms with Crippen LogP contribution in [0.3, 0.4) is 0 Å². The Morgan fingerprint density at radius 3 is 2.84 bits per heavy atom. The maximum absolute atomic E-state index is 12.8. The van der Waals surface area contributed by atoms with Gasteiger partial charge in [-0.05, 0) is 49.3 Å².